The first-order chi connectivity index (χ1) is 12.0. The van der Waals surface area contributed by atoms with Crippen molar-refractivity contribution in [2.45, 2.75) is 31.8 Å². The lowest BCUT2D eigenvalue weighted by Crippen LogP contribution is -2.46. The summed E-state index contributed by atoms with van der Waals surface area (Å²) in [5, 5.41) is 6.52. The van der Waals surface area contributed by atoms with E-state index in [2.05, 4.69) is 30.8 Å². The average Bonchev–Trinajstić information content (AvgIpc) is 3.16. The van der Waals surface area contributed by atoms with E-state index in [-0.39, 0.29) is 0 Å². The maximum Gasteiger partial charge on any atom is 0.214 e. The van der Waals surface area contributed by atoms with Gasteiger partial charge in [0.15, 0.2) is 0 Å². The lowest BCUT2D eigenvalue weighted by Gasteiger charge is -2.39. The van der Waals surface area contributed by atoms with Crippen LogP contribution in [0.5, 0.6) is 0 Å². The van der Waals surface area contributed by atoms with Crippen molar-refractivity contribution in [3.8, 4) is 11.3 Å². The summed E-state index contributed by atoms with van der Waals surface area (Å²) in [5.41, 5.74) is 1.98. The van der Waals surface area contributed by atoms with Gasteiger partial charge in [-0.1, -0.05) is 35.1 Å². The highest BCUT2D eigenvalue weighted by Gasteiger charge is 2.27. The number of nitrogens with zero attached hydrogens (tertiary/aromatic N) is 5. The van der Waals surface area contributed by atoms with Crippen LogP contribution < -0.4 is 4.90 Å². The van der Waals surface area contributed by atoms with Crippen molar-refractivity contribution in [2.75, 3.05) is 25.5 Å². The fraction of sp³-hybridized carbons (Fsp3) is 0.444. The molecule has 5 nitrogen and oxygen atoms in total. The van der Waals surface area contributed by atoms with Crippen molar-refractivity contribution in [1.82, 2.24) is 19.5 Å². The van der Waals surface area contributed by atoms with Crippen LogP contribution in [-0.2, 0) is 0 Å². The number of imidazole rings is 1. The lowest BCUT2D eigenvalue weighted by molar-refractivity contribution is 0.181. The molecule has 1 aromatic carbocycles. The molecule has 132 valence electrons. The summed E-state index contributed by atoms with van der Waals surface area (Å²) < 4.78 is 1.89. The molecule has 3 aromatic rings. The van der Waals surface area contributed by atoms with Gasteiger partial charge < -0.3 is 9.80 Å². The highest BCUT2D eigenvalue weighted by Crippen LogP contribution is 2.30. The van der Waals surface area contributed by atoms with Crippen molar-refractivity contribution >= 4 is 33.0 Å². The van der Waals surface area contributed by atoms with Gasteiger partial charge in [0.2, 0.25) is 10.1 Å². The molecule has 3 heterocycles. The quantitative estimate of drug-likeness (QED) is 0.692. The number of hydrogen-bond donors (Lipinski definition) is 0. The van der Waals surface area contributed by atoms with Gasteiger partial charge in [-0.2, -0.15) is 0 Å². The van der Waals surface area contributed by atoms with Gasteiger partial charge in [-0.05, 0) is 38.9 Å². The molecule has 0 amide bonds. The Labute approximate surface area is 156 Å². The Morgan fingerprint density at radius 1 is 1.28 bits per heavy atom. The second-order valence-electron chi connectivity index (χ2n) is 6.86. The number of benzene rings is 1. The third-order valence-corrected chi connectivity index (χ3v) is 6.47. The summed E-state index contributed by atoms with van der Waals surface area (Å²) in [6.07, 6.45) is 4.34. The van der Waals surface area contributed by atoms with Gasteiger partial charge in [-0.25, -0.2) is 9.50 Å². The third-order valence-electron chi connectivity index (χ3n) is 5.20. The lowest BCUT2D eigenvalue weighted by atomic mass is 9.98. The molecule has 0 spiro atoms. The molecule has 0 aliphatic carbocycles. The van der Waals surface area contributed by atoms with Crippen LogP contribution in [0, 0.1) is 0 Å². The first-order valence-corrected chi connectivity index (χ1v) is 9.76. The molecule has 4 rings (SSSR count). The van der Waals surface area contributed by atoms with E-state index in [1.165, 1.54) is 12.8 Å². The van der Waals surface area contributed by atoms with Crippen LogP contribution in [0.15, 0.2) is 30.5 Å². The van der Waals surface area contributed by atoms with E-state index in [1.807, 2.05) is 35.0 Å². The Kier molecular flexibility index (Phi) is 4.43. The molecule has 1 aliphatic heterocycles. The van der Waals surface area contributed by atoms with Crippen molar-refractivity contribution in [1.29, 1.82) is 0 Å². The maximum absolute atomic E-state index is 5.96. The highest BCUT2D eigenvalue weighted by atomic mass is 35.5. The van der Waals surface area contributed by atoms with Crippen LogP contribution in [0.1, 0.15) is 19.8 Å². The molecule has 0 N–H and O–H groups in total. The second-order valence-corrected chi connectivity index (χ2v) is 8.23. The minimum atomic E-state index is 0.540. The molecule has 0 saturated carbocycles. The molecule has 2 unspecified atom stereocenters. The monoisotopic (exact) mass is 375 g/mol. The van der Waals surface area contributed by atoms with Gasteiger partial charge in [-0.15, -0.1) is 5.10 Å². The highest BCUT2D eigenvalue weighted by molar-refractivity contribution is 7.20. The van der Waals surface area contributed by atoms with E-state index in [0.717, 1.165) is 32.9 Å². The number of likely N-dealkylation sites (tertiary alicyclic amines) is 1. The summed E-state index contributed by atoms with van der Waals surface area (Å²) in [6, 6.07) is 8.90. The zero-order valence-corrected chi connectivity index (χ0v) is 16.3. The predicted molar refractivity (Wildman–Crippen MR) is 105 cm³/mol. The smallest absolute Gasteiger partial charge is 0.214 e. The number of anilines is 1. The standard InChI is InChI=1S/C18H22ClN5S/c1-12-10-15(8-9-22(12)2)23(3)18-21-24-11-16(20-17(24)25-18)13-4-6-14(19)7-5-13/h4-7,11-12,15H,8-10H2,1-3H3. The molecular formula is C18H22ClN5S. The van der Waals surface area contributed by atoms with Gasteiger partial charge in [0.05, 0.1) is 11.9 Å². The molecule has 1 fully saturated rings. The average molecular weight is 376 g/mol. The molecule has 0 bridgehead atoms. The Morgan fingerprint density at radius 2 is 2.04 bits per heavy atom. The number of halogens is 1. The SMILES string of the molecule is CC1CC(N(C)c2nn3cc(-c4ccc(Cl)cc4)nc3s2)CCN1C. The van der Waals surface area contributed by atoms with Crippen LogP contribution in [0.25, 0.3) is 16.2 Å². The Bertz CT molecular complexity index is 840. The Balaban J connectivity index is 1.56. The van der Waals surface area contributed by atoms with E-state index >= 15 is 0 Å². The van der Waals surface area contributed by atoms with Crippen molar-refractivity contribution in [2.24, 2.45) is 0 Å². The van der Waals surface area contributed by atoms with E-state index in [9.17, 15) is 0 Å². The normalized spacial score (nSPS) is 21.8. The van der Waals surface area contributed by atoms with Gasteiger partial charge in [0, 0.05) is 36.3 Å². The summed E-state index contributed by atoms with van der Waals surface area (Å²) in [7, 11) is 4.36. The fourth-order valence-electron chi connectivity index (χ4n) is 3.36. The Hall–Kier alpha value is -1.63. The van der Waals surface area contributed by atoms with Gasteiger partial charge in [0.1, 0.15) is 0 Å². The van der Waals surface area contributed by atoms with Gasteiger partial charge in [0.25, 0.3) is 0 Å². The summed E-state index contributed by atoms with van der Waals surface area (Å²) in [6.45, 7) is 3.44. The van der Waals surface area contributed by atoms with Crippen LogP contribution in [0.3, 0.4) is 0 Å². The molecular weight excluding hydrogens is 354 g/mol. The van der Waals surface area contributed by atoms with Crippen molar-refractivity contribution in [3.63, 3.8) is 0 Å². The number of rotatable bonds is 3. The van der Waals surface area contributed by atoms with Crippen molar-refractivity contribution < 1.29 is 0 Å². The van der Waals surface area contributed by atoms with E-state index < -0.39 is 0 Å². The van der Waals surface area contributed by atoms with Crippen LogP contribution in [0.4, 0.5) is 5.13 Å². The zero-order chi connectivity index (χ0) is 17.6. The van der Waals surface area contributed by atoms with E-state index in [0.29, 0.717) is 12.1 Å². The fourth-order valence-corrected chi connectivity index (χ4v) is 4.41. The molecule has 2 aromatic heterocycles. The number of hydrogen-bond acceptors (Lipinski definition) is 5. The summed E-state index contributed by atoms with van der Waals surface area (Å²) in [4.78, 5) is 10.4. The Morgan fingerprint density at radius 3 is 2.72 bits per heavy atom. The minimum absolute atomic E-state index is 0.540. The van der Waals surface area contributed by atoms with E-state index in [4.69, 9.17) is 21.7 Å². The van der Waals surface area contributed by atoms with Gasteiger partial charge >= 0.3 is 0 Å². The predicted octanol–water partition coefficient (Wildman–Crippen LogP) is 4.03. The van der Waals surface area contributed by atoms with Gasteiger partial charge in [-0.3, -0.25) is 0 Å². The largest absolute Gasteiger partial charge is 0.347 e. The maximum atomic E-state index is 5.96. The molecule has 2 atom stereocenters. The molecule has 1 aliphatic rings. The zero-order valence-electron chi connectivity index (χ0n) is 14.7. The first-order valence-electron chi connectivity index (χ1n) is 8.56. The topological polar surface area (TPSA) is 36.7 Å². The minimum Gasteiger partial charge on any atom is -0.347 e. The first kappa shape index (κ1) is 16.8. The van der Waals surface area contributed by atoms with E-state index in [1.54, 1.807) is 11.3 Å². The molecule has 7 heteroatoms. The second kappa shape index (κ2) is 6.59. The molecule has 1 saturated heterocycles. The summed E-state index contributed by atoms with van der Waals surface area (Å²) in [5.74, 6) is 0. The molecule has 0 radical (unpaired) electrons. The summed E-state index contributed by atoms with van der Waals surface area (Å²) >= 11 is 7.61. The number of piperidine rings is 1. The number of fused-ring (bicyclic) bond motifs is 1. The van der Waals surface area contributed by atoms with Crippen LogP contribution in [0.2, 0.25) is 5.02 Å². The van der Waals surface area contributed by atoms with Crippen molar-refractivity contribution in [3.05, 3.63) is 35.5 Å². The molecule has 25 heavy (non-hydrogen) atoms. The number of aromatic nitrogens is 3. The van der Waals surface area contributed by atoms with Crippen LogP contribution >= 0.6 is 22.9 Å². The van der Waals surface area contributed by atoms with Crippen LogP contribution in [-0.4, -0.2) is 52.2 Å². The third kappa shape index (κ3) is 3.26.